The van der Waals surface area contributed by atoms with Gasteiger partial charge in [0.25, 0.3) is 5.91 Å². The van der Waals surface area contributed by atoms with E-state index in [1.807, 2.05) is 0 Å². The summed E-state index contributed by atoms with van der Waals surface area (Å²) in [5.74, 6) is -1.19. The molecule has 4 aromatic rings. The Morgan fingerprint density at radius 2 is 1.82 bits per heavy atom. The number of aliphatic hydroxyl groups is 1. The number of anilines is 4. The van der Waals surface area contributed by atoms with Crippen LogP contribution in [0.1, 0.15) is 34.8 Å². The number of carbonyl (C=O) groups excluding carboxylic acids is 1. The van der Waals surface area contributed by atoms with Gasteiger partial charge in [0.15, 0.2) is 0 Å². The number of aryl methyl sites for hydroxylation is 1. The molecule has 0 aliphatic carbocycles. The van der Waals surface area contributed by atoms with E-state index in [0.29, 0.717) is 41.5 Å². The molecule has 2 aromatic carbocycles. The zero-order valence-corrected chi connectivity index (χ0v) is 25.6. The summed E-state index contributed by atoms with van der Waals surface area (Å²) in [5, 5.41) is 18.9. The molecule has 1 unspecified atom stereocenters. The minimum absolute atomic E-state index is 0.00718. The van der Waals surface area contributed by atoms with Gasteiger partial charge in [-0.25, -0.2) is 4.98 Å². The highest BCUT2D eigenvalue weighted by Gasteiger charge is 2.36. The molecule has 4 rings (SSSR count). The lowest BCUT2D eigenvalue weighted by Crippen LogP contribution is -2.23. The molecular formula is C29H33F3N7O5P. The maximum Gasteiger partial charge on any atom is 0.421 e. The zero-order valence-electron chi connectivity index (χ0n) is 24.7. The summed E-state index contributed by atoms with van der Waals surface area (Å²) in [4.78, 5) is 32.2. The molecule has 2 heterocycles. The van der Waals surface area contributed by atoms with Crippen molar-refractivity contribution in [3.8, 4) is 11.1 Å². The molecule has 1 amide bonds. The summed E-state index contributed by atoms with van der Waals surface area (Å²) in [7, 11) is -0.741. The van der Waals surface area contributed by atoms with Crippen molar-refractivity contribution in [2.24, 2.45) is 0 Å². The number of alkyl halides is 3. The number of carbonyl (C=O) groups is 1. The largest absolute Gasteiger partial charge is 0.421 e. The average Bonchev–Trinajstić information content (AvgIpc) is 3.45. The van der Waals surface area contributed by atoms with Gasteiger partial charge in [0.2, 0.25) is 5.95 Å². The molecule has 16 heteroatoms. The molecule has 0 aliphatic heterocycles. The lowest BCUT2D eigenvalue weighted by molar-refractivity contribution is -0.137. The molecular weight excluding hydrogens is 614 g/mol. The molecule has 0 saturated carbocycles. The van der Waals surface area contributed by atoms with Crippen molar-refractivity contribution in [2.45, 2.75) is 32.2 Å². The summed E-state index contributed by atoms with van der Waals surface area (Å²) in [6.07, 6.45) is -0.514. The van der Waals surface area contributed by atoms with E-state index >= 15 is 0 Å². The minimum Gasteiger partial charge on any atom is -0.396 e. The van der Waals surface area contributed by atoms with E-state index in [-0.39, 0.29) is 36.6 Å². The number of amides is 1. The van der Waals surface area contributed by atoms with Gasteiger partial charge in [0.05, 0.1) is 30.2 Å². The molecule has 0 radical (unpaired) electrons. The summed E-state index contributed by atoms with van der Waals surface area (Å²) in [5.41, 5.74) is 1.29. The third kappa shape index (κ3) is 8.88. The second-order valence-electron chi connectivity index (χ2n) is 10.1. The van der Waals surface area contributed by atoms with Crippen LogP contribution in [0.4, 0.5) is 36.3 Å². The number of aliphatic hydroxyl groups excluding tert-OH is 1. The Labute approximate surface area is 257 Å². The molecule has 12 nitrogen and oxygen atoms in total. The first kappa shape index (κ1) is 33.6. The molecule has 4 N–H and O–H groups in total. The molecule has 0 spiro atoms. The van der Waals surface area contributed by atoms with E-state index in [1.54, 1.807) is 60.4 Å². The third-order valence-corrected chi connectivity index (χ3v) is 7.87. The predicted molar refractivity (Wildman–Crippen MR) is 163 cm³/mol. The second kappa shape index (κ2) is 14.2. The van der Waals surface area contributed by atoms with Crippen LogP contribution in [0.15, 0.2) is 61.1 Å². The van der Waals surface area contributed by atoms with Crippen molar-refractivity contribution < 1.29 is 37.1 Å². The van der Waals surface area contributed by atoms with Crippen molar-refractivity contribution in [3.05, 3.63) is 77.7 Å². The van der Waals surface area contributed by atoms with Gasteiger partial charge >= 0.3 is 13.8 Å². The smallest absolute Gasteiger partial charge is 0.396 e. The standard InChI is InChI=1S/C29H33F3N7O5P/c1-4-44-45(42,43)18-19-6-9-22(10-7-19)35-28-33-16-24(29(30,31)32)26(37-28)36-25-11-8-20(14-23(25)27(41)38(2)3)21-15-34-39(17-21)12-5-13-40/h6-11,14-17,40H,4-5,12-13,18H2,1-3H3,(H,42,43)(H2,33,35,36,37). The second-order valence-corrected chi connectivity index (χ2v) is 12.0. The fourth-order valence-electron chi connectivity index (χ4n) is 4.29. The topological polar surface area (TPSA) is 155 Å². The Kier molecular flexibility index (Phi) is 10.6. The fourth-order valence-corrected chi connectivity index (χ4v) is 5.46. The van der Waals surface area contributed by atoms with Gasteiger partial charge in [-0.1, -0.05) is 18.2 Å². The first-order valence-corrected chi connectivity index (χ1v) is 15.6. The SMILES string of the molecule is CCOP(=O)(O)Cc1ccc(Nc2ncc(C(F)(F)F)c(Nc3ccc(-c4cnn(CCCO)c4)cc3C(=O)N(C)C)n2)cc1. The van der Waals surface area contributed by atoms with E-state index in [4.69, 9.17) is 9.63 Å². The Bertz CT molecular complexity index is 1680. The lowest BCUT2D eigenvalue weighted by Gasteiger charge is -2.19. The normalized spacial score (nSPS) is 12.9. The Balaban J connectivity index is 1.65. The van der Waals surface area contributed by atoms with Gasteiger partial charge in [-0.15, -0.1) is 0 Å². The average molecular weight is 648 g/mol. The van der Waals surface area contributed by atoms with Crippen LogP contribution in [0.5, 0.6) is 0 Å². The molecule has 0 aliphatic rings. The van der Waals surface area contributed by atoms with E-state index in [1.165, 1.54) is 25.1 Å². The van der Waals surface area contributed by atoms with Crippen LogP contribution < -0.4 is 10.6 Å². The van der Waals surface area contributed by atoms with Crippen molar-refractivity contribution in [1.29, 1.82) is 0 Å². The predicted octanol–water partition coefficient (Wildman–Crippen LogP) is 5.65. The van der Waals surface area contributed by atoms with Crippen LogP contribution in [0.25, 0.3) is 11.1 Å². The van der Waals surface area contributed by atoms with Crippen LogP contribution in [0, 0.1) is 0 Å². The number of benzene rings is 2. The van der Waals surface area contributed by atoms with E-state index in [2.05, 4.69) is 25.7 Å². The third-order valence-electron chi connectivity index (χ3n) is 6.44. The van der Waals surface area contributed by atoms with E-state index in [0.717, 1.165) is 0 Å². The number of nitrogens with zero attached hydrogens (tertiary/aromatic N) is 5. The van der Waals surface area contributed by atoms with Gasteiger partial charge in [-0.05, 0) is 48.7 Å². The number of rotatable bonds is 13. The van der Waals surface area contributed by atoms with Crippen LogP contribution in [0.3, 0.4) is 0 Å². The molecule has 45 heavy (non-hydrogen) atoms. The molecule has 0 fully saturated rings. The highest BCUT2D eigenvalue weighted by molar-refractivity contribution is 7.51. The highest BCUT2D eigenvalue weighted by Crippen LogP contribution is 2.45. The van der Waals surface area contributed by atoms with Gasteiger partial charge in [0, 0.05) is 50.9 Å². The number of hydrogen-bond donors (Lipinski definition) is 4. The first-order chi connectivity index (χ1) is 21.3. The van der Waals surface area contributed by atoms with Crippen LogP contribution in [-0.2, 0) is 28.0 Å². The maximum absolute atomic E-state index is 14.0. The van der Waals surface area contributed by atoms with Gasteiger partial charge < -0.3 is 30.1 Å². The minimum atomic E-state index is -4.81. The monoisotopic (exact) mass is 647 g/mol. The van der Waals surface area contributed by atoms with Crippen molar-refractivity contribution in [3.63, 3.8) is 0 Å². The van der Waals surface area contributed by atoms with Crippen LogP contribution >= 0.6 is 7.60 Å². The van der Waals surface area contributed by atoms with Crippen LogP contribution in [0.2, 0.25) is 0 Å². The van der Waals surface area contributed by atoms with Crippen molar-refractivity contribution in [1.82, 2.24) is 24.6 Å². The Hall–Kier alpha value is -4.30. The number of nitrogens with one attached hydrogen (secondary N) is 2. The fraction of sp³-hybridized carbons (Fsp3) is 0.310. The summed E-state index contributed by atoms with van der Waals surface area (Å²) < 4.78 is 60.6. The molecule has 2 aromatic heterocycles. The lowest BCUT2D eigenvalue weighted by atomic mass is 10.0. The molecule has 0 bridgehead atoms. The summed E-state index contributed by atoms with van der Waals surface area (Å²) in [6.45, 7) is 2.19. The first-order valence-electron chi connectivity index (χ1n) is 13.8. The maximum atomic E-state index is 14.0. The van der Waals surface area contributed by atoms with Gasteiger partial charge in [0.1, 0.15) is 11.4 Å². The van der Waals surface area contributed by atoms with Gasteiger partial charge in [-0.2, -0.15) is 23.3 Å². The summed E-state index contributed by atoms with van der Waals surface area (Å²) >= 11 is 0. The van der Waals surface area contributed by atoms with E-state index in [9.17, 15) is 27.4 Å². The van der Waals surface area contributed by atoms with Gasteiger partial charge in [-0.3, -0.25) is 14.0 Å². The Morgan fingerprint density at radius 1 is 1.09 bits per heavy atom. The molecule has 0 saturated heterocycles. The summed E-state index contributed by atoms with van der Waals surface area (Å²) in [6, 6.07) is 11.0. The number of hydrogen-bond acceptors (Lipinski definition) is 9. The van der Waals surface area contributed by atoms with Crippen molar-refractivity contribution in [2.75, 3.05) is 37.9 Å². The molecule has 1 atom stereocenters. The Morgan fingerprint density at radius 3 is 2.47 bits per heavy atom. The van der Waals surface area contributed by atoms with Crippen molar-refractivity contribution >= 4 is 36.6 Å². The molecule has 240 valence electrons. The highest BCUT2D eigenvalue weighted by atomic mass is 31.2. The quantitative estimate of drug-likeness (QED) is 0.134. The number of aromatic nitrogens is 4. The number of halogens is 3. The zero-order chi connectivity index (χ0) is 32.8. The van der Waals surface area contributed by atoms with E-state index < -0.39 is 31.1 Å². The van der Waals surface area contributed by atoms with Crippen LogP contribution in [-0.4, -0.2) is 67.9 Å².